The van der Waals surface area contributed by atoms with E-state index in [4.69, 9.17) is 11.6 Å². The summed E-state index contributed by atoms with van der Waals surface area (Å²) >= 11 is 6.22. The van der Waals surface area contributed by atoms with Crippen molar-refractivity contribution in [1.82, 2.24) is 25.8 Å². The molecule has 2 aromatic heterocycles. The summed E-state index contributed by atoms with van der Waals surface area (Å²) in [5, 5.41) is 14.2. The summed E-state index contributed by atoms with van der Waals surface area (Å²) in [5.74, 6) is 1.62. The first-order valence-electron chi connectivity index (χ1n) is 7.57. The number of aromatic nitrogens is 3. The number of aromatic amines is 1. The van der Waals surface area contributed by atoms with Crippen LogP contribution in [0.5, 0.6) is 0 Å². The summed E-state index contributed by atoms with van der Waals surface area (Å²) in [5.41, 5.74) is 1.02. The van der Waals surface area contributed by atoms with Crippen LogP contribution < -0.4 is 15.5 Å². The molecular formula is C15H20ClN7. The Morgan fingerprint density at radius 1 is 1.48 bits per heavy atom. The van der Waals surface area contributed by atoms with Crippen molar-refractivity contribution < 1.29 is 0 Å². The molecule has 0 radical (unpaired) electrons. The summed E-state index contributed by atoms with van der Waals surface area (Å²) in [6, 6.07) is 5.95. The minimum Gasteiger partial charge on any atom is -0.353 e. The van der Waals surface area contributed by atoms with Crippen LogP contribution in [0.3, 0.4) is 0 Å². The van der Waals surface area contributed by atoms with E-state index in [-0.39, 0.29) is 0 Å². The van der Waals surface area contributed by atoms with E-state index in [2.05, 4.69) is 35.7 Å². The largest absolute Gasteiger partial charge is 0.353 e. The van der Waals surface area contributed by atoms with Crippen molar-refractivity contribution in [2.45, 2.75) is 19.0 Å². The van der Waals surface area contributed by atoms with Crippen LogP contribution in [-0.4, -0.2) is 47.3 Å². The highest BCUT2D eigenvalue weighted by Gasteiger charge is 2.25. The van der Waals surface area contributed by atoms with E-state index in [1.807, 2.05) is 18.2 Å². The van der Waals surface area contributed by atoms with Gasteiger partial charge in [-0.15, -0.1) is 0 Å². The SMILES string of the molecule is CN=C(NCc1ccn[nH]1)NC1CCN(c2ncccc2Cl)C1. The quantitative estimate of drug-likeness (QED) is 0.582. The van der Waals surface area contributed by atoms with Crippen molar-refractivity contribution in [3.63, 3.8) is 0 Å². The van der Waals surface area contributed by atoms with E-state index in [0.717, 1.165) is 37.0 Å². The maximum atomic E-state index is 6.22. The lowest BCUT2D eigenvalue weighted by Gasteiger charge is -2.20. The van der Waals surface area contributed by atoms with Gasteiger partial charge in [-0.3, -0.25) is 10.1 Å². The van der Waals surface area contributed by atoms with Crippen LogP contribution in [0.1, 0.15) is 12.1 Å². The third-order valence-electron chi connectivity index (χ3n) is 3.80. The first kappa shape index (κ1) is 15.6. The Morgan fingerprint density at radius 2 is 2.39 bits per heavy atom. The summed E-state index contributed by atoms with van der Waals surface area (Å²) < 4.78 is 0. The molecule has 8 heteroatoms. The van der Waals surface area contributed by atoms with Gasteiger partial charge in [0, 0.05) is 38.6 Å². The average Bonchev–Trinajstić information content (AvgIpc) is 3.23. The zero-order valence-electron chi connectivity index (χ0n) is 13.0. The molecule has 1 aliphatic heterocycles. The van der Waals surface area contributed by atoms with Crippen LogP contribution in [0.15, 0.2) is 35.6 Å². The van der Waals surface area contributed by atoms with Gasteiger partial charge in [-0.25, -0.2) is 4.98 Å². The Kier molecular flexibility index (Phi) is 4.97. The highest BCUT2D eigenvalue weighted by molar-refractivity contribution is 6.32. The molecule has 1 unspecified atom stereocenters. The third kappa shape index (κ3) is 3.92. The molecule has 1 atom stereocenters. The standard InChI is InChI=1S/C15H20ClN7/c1-17-15(19-9-11-4-7-20-22-11)21-12-5-8-23(10-12)14-13(16)3-2-6-18-14/h2-4,6-7,12H,5,8-10H2,1H3,(H,20,22)(H2,17,19,21). The number of guanidine groups is 1. The molecular weight excluding hydrogens is 314 g/mol. The number of H-pyrrole nitrogens is 1. The maximum Gasteiger partial charge on any atom is 0.191 e. The Morgan fingerprint density at radius 3 is 3.13 bits per heavy atom. The molecule has 23 heavy (non-hydrogen) atoms. The van der Waals surface area contributed by atoms with E-state index in [1.54, 1.807) is 19.4 Å². The molecule has 1 saturated heterocycles. The number of halogens is 1. The number of nitrogens with one attached hydrogen (secondary N) is 3. The lowest BCUT2D eigenvalue weighted by atomic mass is 10.3. The topological polar surface area (TPSA) is 81.2 Å². The maximum absolute atomic E-state index is 6.22. The van der Waals surface area contributed by atoms with Crippen LogP contribution in [0.4, 0.5) is 5.82 Å². The zero-order valence-corrected chi connectivity index (χ0v) is 13.7. The summed E-state index contributed by atoms with van der Waals surface area (Å²) in [6.07, 6.45) is 4.52. The molecule has 0 aromatic carbocycles. The van der Waals surface area contributed by atoms with Crippen LogP contribution in [-0.2, 0) is 6.54 Å². The van der Waals surface area contributed by atoms with Crippen molar-refractivity contribution in [2.24, 2.45) is 4.99 Å². The fraction of sp³-hybridized carbons (Fsp3) is 0.400. The number of pyridine rings is 1. The molecule has 0 saturated carbocycles. The van der Waals surface area contributed by atoms with Gasteiger partial charge in [-0.2, -0.15) is 5.10 Å². The lowest BCUT2D eigenvalue weighted by molar-refractivity contribution is 0.646. The van der Waals surface area contributed by atoms with Crippen LogP contribution >= 0.6 is 11.6 Å². The molecule has 7 nitrogen and oxygen atoms in total. The second-order valence-corrected chi connectivity index (χ2v) is 5.80. The van der Waals surface area contributed by atoms with Gasteiger partial charge in [0.15, 0.2) is 5.96 Å². The zero-order chi connectivity index (χ0) is 16.1. The van der Waals surface area contributed by atoms with Gasteiger partial charge in [0.2, 0.25) is 0 Å². The van der Waals surface area contributed by atoms with Crippen LogP contribution in [0.2, 0.25) is 5.02 Å². The summed E-state index contributed by atoms with van der Waals surface area (Å²) in [4.78, 5) is 10.8. The molecule has 3 rings (SSSR count). The summed E-state index contributed by atoms with van der Waals surface area (Å²) in [7, 11) is 1.77. The normalized spacial score (nSPS) is 18.3. The molecule has 0 bridgehead atoms. The fourth-order valence-corrected chi connectivity index (χ4v) is 2.87. The molecule has 1 aliphatic rings. The van der Waals surface area contributed by atoms with Crippen LogP contribution in [0, 0.1) is 0 Å². The van der Waals surface area contributed by atoms with Gasteiger partial charge >= 0.3 is 0 Å². The van der Waals surface area contributed by atoms with Crippen molar-refractivity contribution in [1.29, 1.82) is 0 Å². The van der Waals surface area contributed by atoms with Crippen molar-refractivity contribution in [3.05, 3.63) is 41.3 Å². The number of aliphatic imine (C=N–C) groups is 1. The monoisotopic (exact) mass is 333 g/mol. The highest BCUT2D eigenvalue weighted by Crippen LogP contribution is 2.25. The predicted octanol–water partition coefficient (Wildman–Crippen LogP) is 1.40. The number of anilines is 1. The molecule has 3 N–H and O–H groups in total. The second-order valence-electron chi connectivity index (χ2n) is 5.39. The van der Waals surface area contributed by atoms with Crippen molar-refractivity contribution in [2.75, 3.05) is 25.0 Å². The third-order valence-corrected chi connectivity index (χ3v) is 4.09. The number of hydrogen-bond acceptors (Lipinski definition) is 4. The Balaban J connectivity index is 1.53. The number of nitrogens with zero attached hydrogens (tertiary/aromatic N) is 4. The molecule has 3 heterocycles. The second kappa shape index (κ2) is 7.32. The summed E-state index contributed by atoms with van der Waals surface area (Å²) in [6.45, 7) is 2.43. The Hall–Kier alpha value is -2.28. The highest BCUT2D eigenvalue weighted by atomic mass is 35.5. The van der Waals surface area contributed by atoms with E-state index >= 15 is 0 Å². The van der Waals surface area contributed by atoms with Gasteiger partial charge in [0.25, 0.3) is 0 Å². The molecule has 1 fully saturated rings. The minimum absolute atomic E-state index is 0.307. The van der Waals surface area contributed by atoms with Gasteiger partial charge in [-0.1, -0.05) is 11.6 Å². The van der Waals surface area contributed by atoms with Gasteiger partial charge in [0.05, 0.1) is 17.3 Å². The lowest BCUT2D eigenvalue weighted by Crippen LogP contribution is -2.44. The van der Waals surface area contributed by atoms with E-state index in [9.17, 15) is 0 Å². The fourth-order valence-electron chi connectivity index (χ4n) is 2.63. The molecule has 2 aromatic rings. The smallest absolute Gasteiger partial charge is 0.191 e. The van der Waals surface area contributed by atoms with E-state index < -0.39 is 0 Å². The minimum atomic E-state index is 0.307. The molecule has 0 aliphatic carbocycles. The number of rotatable bonds is 4. The predicted molar refractivity (Wildman–Crippen MR) is 91.8 cm³/mol. The molecule has 0 amide bonds. The average molecular weight is 334 g/mol. The van der Waals surface area contributed by atoms with Crippen molar-refractivity contribution in [3.8, 4) is 0 Å². The van der Waals surface area contributed by atoms with Gasteiger partial charge in [0.1, 0.15) is 5.82 Å². The van der Waals surface area contributed by atoms with E-state index in [1.165, 1.54) is 0 Å². The van der Waals surface area contributed by atoms with Gasteiger partial charge in [-0.05, 0) is 24.6 Å². The Labute approximate surface area is 140 Å². The first-order valence-corrected chi connectivity index (χ1v) is 7.95. The van der Waals surface area contributed by atoms with Gasteiger partial charge < -0.3 is 15.5 Å². The van der Waals surface area contributed by atoms with E-state index in [0.29, 0.717) is 17.6 Å². The number of hydrogen-bond donors (Lipinski definition) is 3. The van der Waals surface area contributed by atoms with Crippen molar-refractivity contribution >= 4 is 23.4 Å². The Bertz CT molecular complexity index is 656. The molecule has 122 valence electrons. The first-order chi connectivity index (χ1) is 11.3. The van der Waals surface area contributed by atoms with Crippen LogP contribution in [0.25, 0.3) is 0 Å². The molecule has 0 spiro atoms.